The van der Waals surface area contributed by atoms with Crippen molar-refractivity contribution < 1.29 is 9.53 Å². The van der Waals surface area contributed by atoms with Crippen LogP contribution in [0.2, 0.25) is 5.02 Å². The van der Waals surface area contributed by atoms with Crippen molar-refractivity contribution >= 4 is 33.4 Å². The summed E-state index contributed by atoms with van der Waals surface area (Å²) < 4.78 is 6.48. The van der Waals surface area contributed by atoms with Crippen LogP contribution < -0.4 is 4.74 Å². The first kappa shape index (κ1) is 18.2. The number of amides is 1. The van der Waals surface area contributed by atoms with E-state index in [1.54, 1.807) is 0 Å². The highest BCUT2D eigenvalue weighted by Crippen LogP contribution is 2.23. The van der Waals surface area contributed by atoms with E-state index in [9.17, 15) is 4.79 Å². The van der Waals surface area contributed by atoms with Crippen LogP contribution in [-0.4, -0.2) is 48.5 Å². The standard InChI is InChI=1S/C19H20BrClN2O2/c20-17-3-1-2-4-18(17)25-14-19(24)23-11-9-22(10-12-23)13-15-5-7-16(21)8-6-15/h1-8H,9-14H2. The van der Waals surface area contributed by atoms with Crippen LogP contribution in [0.4, 0.5) is 0 Å². The molecule has 0 N–H and O–H groups in total. The average molecular weight is 424 g/mol. The molecule has 1 saturated heterocycles. The lowest BCUT2D eigenvalue weighted by Crippen LogP contribution is -2.49. The molecule has 25 heavy (non-hydrogen) atoms. The summed E-state index contributed by atoms with van der Waals surface area (Å²) in [6.07, 6.45) is 0. The highest BCUT2D eigenvalue weighted by molar-refractivity contribution is 9.10. The molecule has 3 rings (SSSR count). The van der Waals surface area contributed by atoms with Gasteiger partial charge in [-0.15, -0.1) is 0 Å². The van der Waals surface area contributed by atoms with E-state index >= 15 is 0 Å². The van der Waals surface area contributed by atoms with Crippen LogP contribution in [0.1, 0.15) is 5.56 Å². The van der Waals surface area contributed by atoms with E-state index < -0.39 is 0 Å². The predicted molar refractivity (Wildman–Crippen MR) is 103 cm³/mol. The Hall–Kier alpha value is -1.56. The Morgan fingerprint density at radius 2 is 1.72 bits per heavy atom. The van der Waals surface area contributed by atoms with Crippen LogP contribution in [0.3, 0.4) is 0 Å². The van der Waals surface area contributed by atoms with Gasteiger partial charge in [-0.3, -0.25) is 9.69 Å². The van der Waals surface area contributed by atoms with Gasteiger partial charge in [-0.25, -0.2) is 0 Å². The van der Waals surface area contributed by atoms with Crippen LogP contribution in [0, 0.1) is 0 Å². The van der Waals surface area contributed by atoms with E-state index in [2.05, 4.69) is 20.8 Å². The fourth-order valence-corrected chi connectivity index (χ4v) is 3.32. The first-order valence-corrected chi connectivity index (χ1v) is 9.41. The molecule has 1 aliphatic heterocycles. The molecule has 1 aliphatic rings. The van der Waals surface area contributed by atoms with Crippen molar-refractivity contribution in [2.24, 2.45) is 0 Å². The molecule has 132 valence electrons. The number of halogens is 2. The number of para-hydroxylation sites is 1. The number of benzene rings is 2. The van der Waals surface area contributed by atoms with Gasteiger partial charge in [-0.2, -0.15) is 0 Å². The number of ether oxygens (including phenoxy) is 1. The molecule has 4 nitrogen and oxygen atoms in total. The Morgan fingerprint density at radius 3 is 2.40 bits per heavy atom. The maximum atomic E-state index is 12.3. The second-order valence-electron chi connectivity index (χ2n) is 6.00. The first-order chi connectivity index (χ1) is 12.1. The second kappa shape index (κ2) is 8.70. The fourth-order valence-electron chi connectivity index (χ4n) is 2.80. The summed E-state index contributed by atoms with van der Waals surface area (Å²) in [5.41, 5.74) is 1.24. The van der Waals surface area contributed by atoms with Crippen LogP contribution in [-0.2, 0) is 11.3 Å². The van der Waals surface area contributed by atoms with Crippen molar-refractivity contribution in [2.75, 3.05) is 32.8 Å². The Kier molecular flexibility index (Phi) is 6.34. The SMILES string of the molecule is O=C(COc1ccccc1Br)N1CCN(Cc2ccc(Cl)cc2)CC1. The molecule has 0 spiro atoms. The van der Waals surface area contributed by atoms with Gasteiger partial charge in [0.1, 0.15) is 5.75 Å². The highest BCUT2D eigenvalue weighted by Gasteiger charge is 2.21. The van der Waals surface area contributed by atoms with Gasteiger partial charge in [0, 0.05) is 37.7 Å². The summed E-state index contributed by atoms with van der Waals surface area (Å²) >= 11 is 9.34. The number of nitrogens with zero attached hydrogens (tertiary/aromatic N) is 2. The monoisotopic (exact) mass is 422 g/mol. The minimum absolute atomic E-state index is 0.0295. The number of carbonyl (C=O) groups is 1. The molecule has 6 heteroatoms. The minimum Gasteiger partial charge on any atom is -0.483 e. The van der Waals surface area contributed by atoms with Crippen molar-refractivity contribution in [1.82, 2.24) is 9.80 Å². The number of hydrogen-bond acceptors (Lipinski definition) is 3. The molecule has 0 radical (unpaired) electrons. The largest absolute Gasteiger partial charge is 0.483 e. The van der Waals surface area contributed by atoms with E-state index in [1.165, 1.54) is 5.56 Å². The van der Waals surface area contributed by atoms with E-state index in [4.69, 9.17) is 16.3 Å². The van der Waals surface area contributed by atoms with Crippen molar-refractivity contribution in [2.45, 2.75) is 6.54 Å². The number of rotatable bonds is 5. The summed E-state index contributed by atoms with van der Waals surface area (Å²) in [5.74, 6) is 0.721. The molecule has 2 aromatic carbocycles. The van der Waals surface area contributed by atoms with Crippen molar-refractivity contribution in [3.05, 3.63) is 63.6 Å². The van der Waals surface area contributed by atoms with Crippen LogP contribution in [0.15, 0.2) is 53.0 Å². The second-order valence-corrected chi connectivity index (χ2v) is 7.29. The van der Waals surface area contributed by atoms with Gasteiger partial charge >= 0.3 is 0 Å². The molecule has 0 aliphatic carbocycles. The summed E-state index contributed by atoms with van der Waals surface area (Å²) in [4.78, 5) is 16.6. The normalized spacial score (nSPS) is 15.2. The van der Waals surface area contributed by atoms with Crippen LogP contribution in [0.25, 0.3) is 0 Å². The third-order valence-electron chi connectivity index (χ3n) is 4.23. The lowest BCUT2D eigenvalue weighted by Gasteiger charge is -2.34. The molecular formula is C19H20BrClN2O2. The van der Waals surface area contributed by atoms with E-state index in [0.29, 0.717) is 5.75 Å². The Bertz CT molecular complexity index is 716. The zero-order chi connectivity index (χ0) is 17.6. The lowest BCUT2D eigenvalue weighted by molar-refractivity contribution is -0.135. The molecule has 0 atom stereocenters. The highest BCUT2D eigenvalue weighted by atomic mass is 79.9. The molecule has 0 bridgehead atoms. The number of piperazine rings is 1. The molecule has 2 aromatic rings. The maximum absolute atomic E-state index is 12.3. The lowest BCUT2D eigenvalue weighted by atomic mass is 10.2. The van der Waals surface area contributed by atoms with E-state index in [-0.39, 0.29) is 12.5 Å². The van der Waals surface area contributed by atoms with Gasteiger partial charge in [0.15, 0.2) is 6.61 Å². The van der Waals surface area contributed by atoms with Gasteiger partial charge in [-0.05, 0) is 45.8 Å². The van der Waals surface area contributed by atoms with Gasteiger partial charge in [0.05, 0.1) is 4.47 Å². The molecule has 1 amide bonds. The Labute approximate surface area is 161 Å². The summed E-state index contributed by atoms with van der Waals surface area (Å²) in [5, 5.41) is 0.754. The number of hydrogen-bond donors (Lipinski definition) is 0. The zero-order valence-electron chi connectivity index (χ0n) is 13.8. The first-order valence-electron chi connectivity index (χ1n) is 8.24. The van der Waals surface area contributed by atoms with Crippen LogP contribution >= 0.6 is 27.5 Å². The van der Waals surface area contributed by atoms with Gasteiger partial charge in [0.2, 0.25) is 0 Å². The predicted octanol–water partition coefficient (Wildman–Crippen LogP) is 3.83. The van der Waals surface area contributed by atoms with E-state index in [0.717, 1.165) is 42.2 Å². The molecule has 1 fully saturated rings. The van der Waals surface area contributed by atoms with Gasteiger partial charge < -0.3 is 9.64 Å². The van der Waals surface area contributed by atoms with Gasteiger partial charge in [-0.1, -0.05) is 35.9 Å². The molecule has 1 heterocycles. The molecule has 0 unspecified atom stereocenters. The topological polar surface area (TPSA) is 32.8 Å². The summed E-state index contributed by atoms with van der Waals surface area (Å²) in [7, 11) is 0. The van der Waals surface area contributed by atoms with Crippen LogP contribution in [0.5, 0.6) is 5.75 Å². The molecule has 0 aromatic heterocycles. The molecule has 0 saturated carbocycles. The maximum Gasteiger partial charge on any atom is 0.260 e. The van der Waals surface area contributed by atoms with Crippen molar-refractivity contribution in [3.8, 4) is 5.75 Å². The van der Waals surface area contributed by atoms with Gasteiger partial charge in [0.25, 0.3) is 5.91 Å². The van der Waals surface area contributed by atoms with Crippen molar-refractivity contribution in [1.29, 1.82) is 0 Å². The third-order valence-corrected chi connectivity index (χ3v) is 5.14. The minimum atomic E-state index is 0.0295. The molecular weight excluding hydrogens is 404 g/mol. The van der Waals surface area contributed by atoms with E-state index in [1.807, 2.05) is 53.4 Å². The quantitative estimate of drug-likeness (QED) is 0.733. The Morgan fingerprint density at radius 1 is 1.04 bits per heavy atom. The third kappa shape index (κ3) is 5.21. The Balaban J connectivity index is 1.44. The smallest absolute Gasteiger partial charge is 0.260 e. The number of carbonyl (C=O) groups excluding carboxylic acids is 1. The summed E-state index contributed by atoms with van der Waals surface area (Å²) in [6.45, 7) is 4.14. The zero-order valence-corrected chi connectivity index (χ0v) is 16.2. The van der Waals surface area contributed by atoms with Crippen molar-refractivity contribution in [3.63, 3.8) is 0 Å². The fraction of sp³-hybridized carbons (Fsp3) is 0.316. The summed E-state index contributed by atoms with van der Waals surface area (Å²) in [6, 6.07) is 15.5. The average Bonchev–Trinajstić information content (AvgIpc) is 2.63.